The third-order valence-electron chi connectivity index (χ3n) is 5.80. The zero-order chi connectivity index (χ0) is 23.8. The van der Waals surface area contributed by atoms with E-state index in [1.54, 1.807) is 0 Å². The van der Waals surface area contributed by atoms with Gasteiger partial charge in [-0.25, -0.2) is 9.59 Å². The Kier molecular flexibility index (Phi) is 7.78. The minimum Gasteiger partial charge on any atom is -0.445 e. The molecule has 0 aromatic heterocycles. The summed E-state index contributed by atoms with van der Waals surface area (Å²) in [5, 5.41) is 16.7. The second-order valence-corrected chi connectivity index (χ2v) is 8.30. The molecule has 1 heterocycles. The van der Waals surface area contributed by atoms with Crippen molar-refractivity contribution in [1.82, 2.24) is 10.6 Å². The van der Waals surface area contributed by atoms with Crippen molar-refractivity contribution in [3.8, 4) is 0 Å². The molecule has 3 aromatic rings. The fourth-order valence-electron chi connectivity index (χ4n) is 4.09. The van der Waals surface area contributed by atoms with Crippen LogP contribution in [0.3, 0.4) is 0 Å². The highest BCUT2D eigenvalue weighted by atomic mass is 16.6. The molecular weight excluding hydrogens is 432 g/mol. The van der Waals surface area contributed by atoms with E-state index in [4.69, 9.17) is 9.47 Å². The molecule has 2 amide bonds. The molecule has 4 rings (SSSR count). The quantitative estimate of drug-likeness (QED) is 0.477. The van der Waals surface area contributed by atoms with Gasteiger partial charge in [0.25, 0.3) is 0 Å². The number of aliphatic hydroxyl groups is 1. The van der Waals surface area contributed by atoms with E-state index in [1.807, 2.05) is 91.0 Å². The molecule has 3 aromatic carbocycles. The van der Waals surface area contributed by atoms with E-state index in [-0.39, 0.29) is 6.61 Å². The van der Waals surface area contributed by atoms with E-state index in [1.165, 1.54) is 0 Å². The summed E-state index contributed by atoms with van der Waals surface area (Å²) in [6.45, 7) is 0.107. The molecule has 0 spiro atoms. The molecule has 3 N–H and O–H groups in total. The molecule has 7 nitrogen and oxygen atoms in total. The number of amides is 2. The van der Waals surface area contributed by atoms with Crippen molar-refractivity contribution in [3.05, 3.63) is 108 Å². The van der Waals surface area contributed by atoms with Gasteiger partial charge in [0, 0.05) is 0 Å². The number of hydrogen-bond donors (Lipinski definition) is 3. The number of rotatable bonds is 8. The van der Waals surface area contributed by atoms with E-state index < -0.39 is 36.5 Å². The second kappa shape index (κ2) is 11.3. The van der Waals surface area contributed by atoms with Crippen molar-refractivity contribution >= 4 is 12.2 Å². The molecule has 0 unspecified atom stereocenters. The Balaban J connectivity index is 1.49. The summed E-state index contributed by atoms with van der Waals surface area (Å²) in [7, 11) is 0. The number of alkyl carbamates (subject to hydrolysis) is 2. The molecule has 0 radical (unpaired) electrons. The summed E-state index contributed by atoms with van der Waals surface area (Å²) >= 11 is 0. The number of nitrogens with one attached hydrogen (secondary N) is 2. The highest BCUT2D eigenvalue weighted by Gasteiger charge is 2.42. The summed E-state index contributed by atoms with van der Waals surface area (Å²) in [5.41, 5.74) is 2.76. The van der Waals surface area contributed by atoms with Gasteiger partial charge in [-0.05, 0) is 29.5 Å². The average molecular weight is 461 g/mol. The fraction of sp³-hybridized carbons (Fsp3) is 0.259. The van der Waals surface area contributed by atoms with Crippen molar-refractivity contribution in [2.75, 3.05) is 0 Å². The van der Waals surface area contributed by atoms with Gasteiger partial charge < -0.3 is 25.2 Å². The Morgan fingerprint density at radius 2 is 1.47 bits per heavy atom. The number of aliphatic hydroxyl groups excluding tert-OH is 1. The Morgan fingerprint density at radius 3 is 2.09 bits per heavy atom. The summed E-state index contributed by atoms with van der Waals surface area (Å²) in [6.07, 6.45) is -2.48. The predicted molar refractivity (Wildman–Crippen MR) is 127 cm³/mol. The lowest BCUT2D eigenvalue weighted by Crippen LogP contribution is -2.63. The Morgan fingerprint density at radius 1 is 0.912 bits per heavy atom. The van der Waals surface area contributed by atoms with E-state index in [2.05, 4.69) is 10.6 Å². The van der Waals surface area contributed by atoms with Crippen molar-refractivity contribution in [1.29, 1.82) is 0 Å². The molecule has 0 bridgehead atoms. The Hall–Kier alpha value is -3.84. The number of carbonyl (C=O) groups excluding carboxylic acids is 2. The van der Waals surface area contributed by atoms with Crippen LogP contribution >= 0.6 is 0 Å². The average Bonchev–Trinajstić information content (AvgIpc) is 2.86. The maximum Gasteiger partial charge on any atom is 0.407 e. The summed E-state index contributed by atoms with van der Waals surface area (Å²) in [5.74, 6) is 0. The molecule has 7 heteroatoms. The van der Waals surface area contributed by atoms with Gasteiger partial charge >= 0.3 is 12.2 Å². The lowest BCUT2D eigenvalue weighted by atomic mass is 9.90. The molecule has 1 aliphatic heterocycles. The number of carbonyl (C=O) groups is 2. The minimum atomic E-state index is -1.04. The molecule has 1 fully saturated rings. The van der Waals surface area contributed by atoms with Gasteiger partial charge in [-0.1, -0.05) is 91.0 Å². The van der Waals surface area contributed by atoms with Crippen LogP contribution in [-0.2, 0) is 28.9 Å². The molecule has 1 aliphatic rings. The van der Waals surface area contributed by atoms with E-state index in [9.17, 15) is 14.7 Å². The summed E-state index contributed by atoms with van der Waals surface area (Å²) in [4.78, 5) is 25.0. The molecule has 34 heavy (non-hydrogen) atoms. The van der Waals surface area contributed by atoms with Crippen LogP contribution < -0.4 is 10.6 Å². The van der Waals surface area contributed by atoms with Crippen LogP contribution in [0.4, 0.5) is 9.59 Å². The molecule has 4 atom stereocenters. The fourth-order valence-corrected chi connectivity index (χ4v) is 4.09. The molecule has 1 saturated heterocycles. The highest BCUT2D eigenvalue weighted by Crippen LogP contribution is 2.21. The van der Waals surface area contributed by atoms with Crippen LogP contribution in [0.25, 0.3) is 0 Å². The first kappa shape index (κ1) is 23.3. The van der Waals surface area contributed by atoms with Crippen LogP contribution in [0.1, 0.15) is 16.7 Å². The first-order chi connectivity index (χ1) is 16.6. The minimum absolute atomic E-state index is 0.107. The maximum absolute atomic E-state index is 12.6. The molecule has 0 saturated carbocycles. The monoisotopic (exact) mass is 460 g/mol. The highest BCUT2D eigenvalue weighted by molar-refractivity contribution is 5.70. The maximum atomic E-state index is 12.6. The first-order valence-electron chi connectivity index (χ1n) is 11.3. The van der Waals surface area contributed by atoms with E-state index in [0.717, 1.165) is 16.7 Å². The lowest BCUT2D eigenvalue weighted by molar-refractivity contribution is -0.0583. The number of ether oxygens (including phenoxy) is 2. The number of benzene rings is 3. The predicted octanol–water partition coefficient (Wildman–Crippen LogP) is 3.60. The Labute approximate surface area is 198 Å². The molecule has 0 aliphatic carbocycles. The number of cyclic esters (lactones) is 1. The summed E-state index contributed by atoms with van der Waals surface area (Å²) in [6, 6.07) is 27.2. The van der Waals surface area contributed by atoms with Gasteiger partial charge in [0.2, 0.25) is 0 Å². The van der Waals surface area contributed by atoms with Crippen LogP contribution in [0.5, 0.6) is 0 Å². The van der Waals surface area contributed by atoms with Gasteiger partial charge in [0.1, 0.15) is 12.7 Å². The van der Waals surface area contributed by atoms with E-state index >= 15 is 0 Å². The second-order valence-electron chi connectivity index (χ2n) is 8.30. The molecule has 176 valence electrons. The number of hydrogen-bond acceptors (Lipinski definition) is 5. The third kappa shape index (κ3) is 6.36. The summed E-state index contributed by atoms with van der Waals surface area (Å²) < 4.78 is 10.9. The van der Waals surface area contributed by atoms with Gasteiger partial charge in [0.05, 0.1) is 12.1 Å². The van der Waals surface area contributed by atoms with Crippen LogP contribution in [0.15, 0.2) is 91.0 Å². The molecular formula is C27H28N2O5. The zero-order valence-electron chi connectivity index (χ0n) is 18.7. The zero-order valence-corrected chi connectivity index (χ0v) is 18.7. The van der Waals surface area contributed by atoms with E-state index in [0.29, 0.717) is 12.8 Å². The normalized spacial score (nSPS) is 20.5. The van der Waals surface area contributed by atoms with Crippen molar-refractivity contribution in [3.63, 3.8) is 0 Å². The van der Waals surface area contributed by atoms with Crippen LogP contribution in [-0.4, -0.2) is 41.6 Å². The standard InChI is InChI=1S/C27H28N2O5/c30-24-22(16-19-10-4-1-5-11-19)28-27(32)34-25(24)23(17-20-12-6-2-7-13-20)29-26(31)33-18-21-14-8-3-9-15-21/h1-15,22-25,30H,16-18H2,(H,28,32)(H,29,31)/t22-,23-,24+,25-/m0/s1. The smallest absolute Gasteiger partial charge is 0.407 e. The third-order valence-corrected chi connectivity index (χ3v) is 5.80. The SMILES string of the molecule is O=C(N[C@@H](Cc1ccccc1)[C@@H]1OC(=O)N[C@@H](Cc2ccccc2)[C@H]1O)OCc1ccccc1. The van der Waals surface area contributed by atoms with Gasteiger partial charge in [-0.15, -0.1) is 0 Å². The lowest BCUT2D eigenvalue weighted by Gasteiger charge is -2.39. The first-order valence-corrected chi connectivity index (χ1v) is 11.3. The van der Waals surface area contributed by atoms with Crippen LogP contribution in [0.2, 0.25) is 0 Å². The van der Waals surface area contributed by atoms with Gasteiger partial charge in [0.15, 0.2) is 6.10 Å². The van der Waals surface area contributed by atoms with Crippen molar-refractivity contribution in [2.45, 2.75) is 43.7 Å². The Bertz CT molecular complexity index is 1060. The van der Waals surface area contributed by atoms with Crippen LogP contribution in [0, 0.1) is 0 Å². The topological polar surface area (TPSA) is 96.9 Å². The van der Waals surface area contributed by atoms with Crippen molar-refractivity contribution in [2.24, 2.45) is 0 Å². The van der Waals surface area contributed by atoms with Crippen molar-refractivity contribution < 1.29 is 24.2 Å². The van der Waals surface area contributed by atoms with Gasteiger partial charge in [-0.3, -0.25) is 0 Å². The van der Waals surface area contributed by atoms with Gasteiger partial charge in [-0.2, -0.15) is 0 Å². The largest absolute Gasteiger partial charge is 0.445 e.